The number of carbonyl (C=O) groups is 10. The summed E-state index contributed by atoms with van der Waals surface area (Å²) in [6.45, 7) is 6.97. The number of nitrogens with one attached hydrogen (secondary N) is 5. The third-order valence-corrected chi connectivity index (χ3v) is 11.5. The maximum atomic E-state index is 11.8. The Hall–Kier alpha value is -6.96. The Balaban J connectivity index is 0.000000523. The van der Waals surface area contributed by atoms with Gasteiger partial charge in [0, 0.05) is 78.3 Å². The van der Waals surface area contributed by atoms with Crippen molar-refractivity contribution in [2.24, 2.45) is 5.92 Å². The number of nitrogens with zero attached hydrogens (tertiary/aromatic N) is 4. The minimum absolute atomic E-state index is 0.0512. The zero-order chi connectivity index (χ0) is 55.4. The van der Waals surface area contributed by atoms with Crippen LogP contribution in [0.15, 0.2) is 42.5 Å². The molecule has 2 aliphatic rings. The van der Waals surface area contributed by atoms with Crippen molar-refractivity contribution in [2.45, 2.75) is 77.7 Å². The highest BCUT2D eigenvalue weighted by Crippen LogP contribution is 2.23. The maximum Gasteiger partial charge on any atom is 0.326 e. The zero-order valence-electron chi connectivity index (χ0n) is 42.7. The van der Waals surface area contributed by atoms with Gasteiger partial charge in [-0.1, -0.05) is 80.6 Å². The van der Waals surface area contributed by atoms with Gasteiger partial charge >= 0.3 is 41.8 Å². The molecule has 25 heteroatoms. The molecule has 2 aromatic rings. The molecule has 1 saturated heterocycles. The summed E-state index contributed by atoms with van der Waals surface area (Å²) in [4.78, 5) is 117. The Morgan fingerprint density at radius 2 is 1.08 bits per heavy atom. The number of aliphatic carboxylic acids is 6. The lowest BCUT2D eigenvalue weighted by Gasteiger charge is -2.32. The first kappa shape index (κ1) is 65.1. The molecule has 0 spiro atoms. The van der Waals surface area contributed by atoms with Crippen molar-refractivity contribution < 1.29 is 78.6 Å². The first-order valence-electron chi connectivity index (χ1n) is 24.6. The zero-order valence-corrected chi connectivity index (χ0v) is 42.7. The number of carboxylic acid groups (broad SMARTS) is 6. The van der Waals surface area contributed by atoms with E-state index in [4.69, 9.17) is 30.6 Å². The number of urea groups is 1. The molecule has 0 radical (unpaired) electrons. The minimum atomic E-state index is -1.39. The Morgan fingerprint density at radius 3 is 1.53 bits per heavy atom. The summed E-state index contributed by atoms with van der Waals surface area (Å²) in [5.74, 6) is -6.90. The van der Waals surface area contributed by atoms with Gasteiger partial charge in [0.25, 0.3) is 0 Å². The molecule has 25 nitrogen and oxygen atoms in total. The van der Waals surface area contributed by atoms with E-state index < -0.39 is 60.9 Å². The minimum Gasteiger partial charge on any atom is -0.481 e. The third kappa shape index (κ3) is 32.2. The van der Waals surface area contributed by atoms with Crippen LogP contribution in [0.5, 0.6) is 0 Å². The highest BCUT2D eigenvalue weighted by molar-refractivity contribution is 5.86. The molecule has 2 fully saturated rings. The molecule has 1 aliphatic carbocycles. The van der Waals surface area contributed by atoms with Crippen LogP contribution in [0.25, 0.3) is 10.8 Å². The van der Waals surface area contributed by atoms with Gasteiger partial charge in [-0.2, -0.15) is 0 Å². The lowest BCUT2D eigenvalue weighted by molar-refractivity contribution is -0.141. The van der Waals surface area contributed by atoms with Crippen LogP contribution >= 0.6 is 0 Å². The van der Waals surface area contributed by atoms with Gasteiger partial charge in [0.05, 0.1) is 32.7 Å². The van der Waals surface area contributed by atoms with Gasteiger partial charge < -0.3 is 57.2 Å². The van der Waals surface area contributed by atoms with E-state index in [0.29, 0.717) is 58.9 Å². The van der Waals surface area contributed by atoms with Crippen LogP contribution in [0.2, 0.25) is 0 Å². The first-order valence-corrected chi connectivity index (χ1v) is 24.6. The molecule has 4 rings (SSSR count). The van der Waals surface area contributed by atoms with Gasteiger partial charge in [-0.3, -0.25) is 58.0 Å². The molecule has 1 aliphatic heterocycles. The van der Waals surface area contributed by atoms with E-state index in [1.807, 2.05) is 15.5 Å². The number of carboxylic acids is 6. The fourth-order valence-electron chi connectivity index (χ4n) is 7.41. The van der Waals surface area contributed by atoms with Crippen molar-refractivity contribution in [3.63, 3.8) is 0 Å². The lowest BCUT2D eigenvalue weighted by Crippen LogP contribution is -2.49. The number of hydrogen-bond donors (Lipinski definition) is 11. The number of amides is 5. The molecule has 0 aromatic heterocycles. The fourth-order valence-corrected chi connectivity index (χ4v) is 7.41. The predicted molar refractivity (Wildman–Crippen MR) is 271 cm³/mol. The Kier molecular flexibility index (Phi) is 33.2. The van der Waals surface area contributed by atoms with Crippen LogP contribution in [-0.4, -0.2) is 221 Å². The predicted octanol–water partition coefficient (Wildman–Crippen LogP) is 0.643. The van der Waals surface area contributed by atoms with Crippen LogP contribution in [0.4, 0.5) is 4.79 Å². The molecule has 414 valence electrons. The number of aryl methyl sites for hydroxylation is 1. The van der Waals surface area contributed by atoms with Crippen LogP contribution < -0.4 is 26.6 Å². The van der Waals surface area contributed by atoms with Gasteiger partial charge in [0.2, 0.25) is 17.7 Å². The largest absolute Gasteiger partial charge is 0.481 e. The normalized spacial score (nSPS) is 15.4. The van der Waals surface area contributed by atoms with Gasteiger partial charge in [-0.15, -0.1) is 0 Å². The van der Waals surface area contributed by atoms with E-state index >= 15 is 0 Å². The smallest absolute Gasteiger partial charge is 0.326 e. The average Bonchev–Trinajstić information content (AvgIpc) is 3.34. The summed E-state index contributed by atoms with van der Waals surface area (Å²) >= 11 is 0. The van der Waals surface area contributed by atoms with Gasteiger partial charge in [0.1, 0.15) is 12.6 Å². The number of rotatable bonds is 21. The third-order valence-electron chi connectivity index (χ3n) is 11.5. The highest BCUT2D eigenvalue weighted by Gasteiger charge is 2.23. The second-order valence-corrected chi connectivity index (χ2v) is 17.6. The Bertz CT molecular complexity index is 2070. The van der Waals surface area contributed by atoms with Crippen molar-refractivity contribution in [1.82, 2.24) is 46.2 Å². The monoisotopic (exact) mass is 1050 g/mol. The van der Waals surface area contributed by atoms with Crippen molar-refractivity contribution in [3.8, 4) is 0 Å². The first-order chi connectivity index (χ1) is 35.1. The Morgan fingerprint density at radius 1 is 0.581 bits per heavy atom. The molecule has 2 aromatic carbocycles. The van der Waals surface area contributed by atoms with Crippen LogP contribution in [-0.2, 0) is 43.2 Å². The summed E-state index contributed by atoms with van der Waals surface area (Å²) < 4.78 is 0. The molecular weight excluding hydrogens is 971 g/mol. The van der Waals surface area contributed by atoms with E-state index in [1.54, 1.807) is 14.7 Å². The van der Waals surface area contributed by atoms with Crippen molar-refractivity contribution in [2.75, 3.05) is 105 Å². The second kappa shape index (κ2) is 37.7. The lowest BCUT2D eigenvalue weighted by atomic mass is 9.89. The van der Waals surface area contributed by atoms with Crippen molar-refractivity contribution in [1.29, 1.82) is 0 Å². The van der Waals surface area contributed by atoms with Crippen molar-refractivity contribution >= 4 is 70.3 Å². The van der Waals surface area contributed by atoms with Crippen LogP contribution in [0, 0.1) is 12.8 Å². The van der Waals surface area contributed by atoms with Gasteiger partial charge in [-0.25, -0.2) is 9.59 Å². The highest BCUT2D eigenvalue weighted by atomic mass is 16.4. The topological polar surface area (TPSA) is 365 Å². The number of benzene rings is 2. The van der Waals surface area contributed by atoms with E-state index in [0.717, 1.165) is 38.5 Å². The Labute approximate surface area is 431 Å². The molecule has 1 atom stereocenters. The van der Waals surface area contributed by atoms with Crippen LogP contribution in [0.3, 0.4) is 0 Å². The number of fused-ring (bicyclic) bond motifs is 1. The average molecular weight is 1050 g/mol. The second-order valence-electron chi connectivity index (χ2n) is 17.6. The summed E-state index contributed by atoms with van der Waals surface area (Å²) in [5, 5.41) is 67.2. The summed E-state index contributed by atoms with van der Waals surface area (Å²) in [6.07, 6.45) is 6.81. The molecule has 5 amide bonds. The van der Waals surface area contributed by atoms with Crippen molar-refractivity contribution in [3.05, 3.63) is 48.0 Å². The molecule has 11 N–H and O–H groups in total. The summed E-state index contributed by atoms with van der Waals surface area (Å²) in [7, 11) is 1.53. The van der Waals surface area contributed by atoms with E-state index in [-0.39, 0.29) is 62.8 Å². The molecule has 1 heterocycles. The van der Waals surface area contributed by atoms with E-state index in [1.165, 1.54) is 29.8 Å². The molecule has 1 saturated carbocycles. The number of unbranched alkanes of at least 4 members (excludes halogenated alkanes) is 1. The number of hydrogen-bond acceptors (Lipinski definition) is 14. The molecule has 1 unspecified atom stereocenters. The van der Waals surface area contributed by atoms with Gasteiger partial charge in [0.15, 0.2) is 0 Å². The fraction of sp³-hybridized carbons (Fsp3) is 0.592. The molecular formula is C49H77N9O16. The van der Waals surface area contributed by atoms with Crippen LogP contribution in [0.1, 0.15) is 70.3 Å². The summed E-state index contributed by atoms with van der Waals surface area (Å²) in [6, 6.07) is 12.6. The molecule has 74 heavy (non-hydrogen) atoms. The van der Waals surface area contributed by atoms with E-state index in [2.05, 4.69) is 72.3 Å². The van der Waals surface area contributed by atoms with E-state index in [9.17, 15) is 47.9 Å². The maximum absolute atomic E-state index is 11.8. The SMILES string of the molecule is CCCCNC(=O)CNC(=O)C1CCCCC1.CNC(=O)CN1CCN(CC(=O)O)CCN(CC(=O)O)CCN(CC(=O)O)CC1.Cc1ccc2ccccc2c1.O=C(O)CCC(NC(=O)NCC(=O)O)C(=O)O. The molecule has 0 bridgehead atoms. The standard InChI is InChI=1S/C17H31N5O7.C13H24N2O2.C11H10.C8H12N2O7/c1-18-14(23)10-19-2-4-20(11-15(24)25)6-8-22(13-17(28)29)9-7-21(5-3-19)12-16(26)27;1-2-3-9-14-12(16)10-15-13(17)11-7-5-4-6-8-11;1-9-6-7-10-4-2-3-5-11(10)8-9;11-5(12)2-1-4(7(15)16)10-8(17)9-3-6(13)14/h2-13H2,1H3,(H,18,23)(H,24,25)(H,26,27)(H,28,29);11H,2-10H2,1H3,(H,14,16)(H,15,17);2-8H,1H3;4H,1-3H2,(H,11,12)(H,13,14)(H,15,16)(H2,9,10,17). The summed E-state index contributed by atoms with van der Waals surface area (Å²) in [5.41, 5.74) is 1.32. The quantitative estimate of drug-likeness (QED) is 0.0764. The van der Waals surface area contributed by atoms with Gasteiger partial charge in [-0.05, 0) is 43.4 Å². The number of likely N-dealkylation sites (N-methyl/N-ethyl adjacent to an activating group) is 1. The number of carbonyl (C=O) groups excluding carboxylic acids is 4.